The third-order valence-electron chi connectivity index (χ3n) is 5.39. The zero-order chi connectivity index (χ0) is 22.7. The smallest absolute Gasteiger partial charge is 0.247 e. The van der Waals surface area contributed by atoms with Gasteiger partial charge in [0.15, 0.2) is 0 Å². The van der Waals surface area contributed by atoms with E-state index in [0.717, 1.165) is 0 Å². The van der Waals surface area contributed by atoms with Gasteiger partial charge in [-0.25, -0.2) is 0 Å². The molecule has 2 N–H and O–H groups in total. The topological polar surface area (TPSA) is 119 Å². The van der Waals surface area contributed by atoms with Crippen molar-refractivity contribution in [3.63, 3.8) is 0 Å². The number of aliphatic hydroxyl groups excluding tert-OH is 1. The summed E-state index contributed by atoms with van der Waals surface area (Å²) in [6, 6.07) is 9.57. The molecule has 2 aromatic rings. The summed E-state index contributed by atoms with van der Waals surface area (Å²) in [5.41, 5.74) is 2.18. The average molecular weight is 422 g/mol. The summed E-state index contributed by atoms with van der Waals surface area (Å²) in [6.07, 6.45) is -0.662. The number of aliphatic hydroxyl groups is 1. The van der Waals surface area contributed by atoms with Crippen LogP contribution in [0, 0.1) is 24.2 Å². The highest BCUT2D eigenvalue weighted by atomic mass is 16.5. The molecule has 31 heavy (non-hydrogen) atoms. The maximum Gasteiger partial charge on any atom is 0.247 e. The van der Waals surface area contributed by atoms with Crippen LogP contribution < -0.4 is 5.32 Å². The molecular weight excluding hydrogens is 396 g/mol. The van der Waals surface area contributed by atoms with Crippen LogP contribution in [0.15, 0.2) is 41.4 Å². The van der Waals surface area contributed by atoms with E-state index in [1.54, 1.807) is 37.3 Å². The Hall–Kier alpha value is -3.44. The Morgan fingerprint density at radius 2 is 2.03 bits per heavy atom. The van der Waals surface area contributed by atoms with Crippen LogP contribution in [0.25, 0.3) is 5.70 Å². The standard InChI is InChI=1S/C23H26N4O4/c1-13(2)21(20-9-14(3)26-31-20)23(30)27-12-18(28)10-19(27)22(29)25-15(4)17-7-5-16(11-24)6-8-17/h5-9,13,18-19,21,28H,4,10,12H2,1-3H3,(H,25,29)/t18-,19+,21-/m1/s1. The number of nitrogens with one attached hydrogen (secondary N) is 1. The fourth-order valence-electron chi connectivity index (χ4n) is 3.80. The molecule has 1 aromatic heterocycles. The van der Waals surface area contributed by atoms with E-state index in [9.17, 15) is 14.7 Å². The van der Waals surface area contributed by atoms with Gasteiger partial charge < -0.3 is 19.8 Å². The van der Waals surface area contributed by atoms with Crippen molar-refractivity contribution in [3.8, 4) is 6.07 Å². The lowest BCUT2D eigenvalue weighted by atomic mass is 9.91. The number of hydrogen-bond donors (Lipinski definition) is 2. The summed E-state index contributed by atoms with van der Waals surface area (Å²) in [6.45, 7) is 9.53. The molecular formula is C23H26N4O4. The van der Waals surface area contributed by atoms with E-state index in [4.69, 9.17) is 9.78 Å². The predicted octanol–water partition coefficient (Wildman–Crippen LogP) is 2.34. The molecule has 0 saturated carbocycles. The summed E-state index contributed by atoms with van der Waals surface area (Å²) >= 11 is 0. The Labute approximate surface area is 181 Å². The van der Waals surface area contributed by atoms with Crippen LogP contribution >= 0.6 is 0 Å². The van der Waals surface area contributed by atoms with E-state index in [1.807, 2.05) is 19.9 Å². The van der Waals surface area contributed by atoms with E-state index in [0.29, 0.717) is 28.3 Å². The number of rotatable bonds is 6. The molecule has 2 amide bonds. The fraction of sp³-hybridized carbons (Fsp3) is 0.391. The van der Waals surface area contributed by atoms with Gasteiger partial charge in [0.1, 0.15) is 17.7 Å². The summed E-state index contributed by atoms with van der Waals surface area (Å²) in [5.74, 6) is -0.958. The monoisotopic (exact) mass is 422 g/mol. The van der Waals surface area contributed by atoms with Gasteiger partial charge in [-0.2, -0.15) is 5.26 Å². The number of amides is 2. The quantitative estimate of drug-likeness (QED) is 0.737. The molecule has 0 aliphatic carbocycles. The first-order valence-electron chi connectivity index (χ1n) is 10.1. The van der Waals surface area contributed by atoms with Gasteiger partial charge in [0.2, 0.25) is 11.8 Å². The third kappa shape index (κ3) is 4.84. The number of nitriles is 1. The van der Waals surface area contributed by atoms with Crippen LogP contribution in [-0.2, 0) is 9.59 Å². The summed E-state index contributed by atoms with van der Waals surface area (Å²) in [5, 5.41) is 25.7. The van der Waals surface area contributed by atoms with Crippen molar-refractivity contribution in [2.24, 2.45) is 5.92 Å². The number of benzene rings is 1. The molecule has 3 rings (SSSR count). The molecule has 0 radical (unpaired) electrons. The number of carbonyl (C=O) groups is 2. The number of likely N-dealkylation sites (tertiary alicyclic amines) is 1. The molecule has 2 heterocycles. The van der Waals surface area contributed by atoms with Crippen molar-refractivity contribution in [3.05, 3.63) is 59.5 Å². The molecule has 0 unspecified atom stereocenters. The lowest BCUT2D eigenvalue weighted by Crippen LogP contribution is -2.47. The van der Waals surface area contributed by atoms with Gasteiger partial charge in [-0.3, -0.25) is 9.59 Å². The Balaban J connectivity index is 1.77. The third-order valence-corrected chi connectivity index (χ3v) is 5.39. The molecule has 1 aliphatic rings. The van der Waals surface area contributed by atoms with Gasteiger partial charge in [0.25, 0.3) is 0 Å². The van der Waals surface area contributed by atoms with Gasteiger partial charge >= 0.3 is 0 Å². The number of carbonyl (C=O) groups excluding carboxylic acids is 2. The minimum absolute atomic E-state index is 0.0661. The molecule has 1 aliphatic heterocycles. The molecule has 3 atom stereocenters. The van der Waals surface area contributed by atoms with Crippen LogP contribution in [0.3, 0.4) is 0 Å². The summed E-state index contributed by atoms with van der Waals surface area (Å²) in [7, 11) is 0. The van der Waals surface area contributed by atoms with Crippen LogP contribution in [-0.4, -0.2) is 45.7 Å². The SMILES string of the molecule is C=C(NC(=O)[C@@H]1C[C@@H](O)CN1C(=O)[C@@H](c1cc(C)no1)C(C)C)c1ccc(C#N)cc1. The lowest BCUT2D eigenvalue weighted by Gasteiger charge is -2.28. The molecule has 0 bridgehead atoms. The Kier molecular flexibility index (Phi) is 6.56. The van der Waals surface area contributed by atoms with Gasteiger partial charge in [-0.05, 0) is 30.5 Å². The molecule has 8 nitrogen and oxygen atoms in total. The molecule has 1 saturated heterocycles. The van der Waals surface area contributed by atoms with E-state index in [1.165, 1.54) is 4.90 Å². The fourth-order valence-corrected chi connectivity index (χ4v) is 3.80. The van der Waals surface area contributed by atoms with Crippen molar-refractivity contribution in [2.75, 3.05) is 6.54 Å². The van der Waals surface area contributed by atoms with E-state index >= 15 is 0 Å². The van der Waals surface area contributed by atoms with Crippen LogP contribution in [0.4, 0.5) is 0 Å². The van der Waals surface area contributed by atoms with Crippen LogP contribution in [0.2, 0.25) is 0 Å². The number of aromatic nitrogens is 1. The van der Waals surface area contributed by atoms with E-state index in [2.05, 4.69) is 17.1 Å². The van der Waals surface area contributed by atoms with E-state index < -0.39 is 24.0 Å². The number of hydrogen-bond acceptors (Lipinski definition) is 6. The molecule has 0 spiro atoms. The predicted molar refractivity (Wildman–Crippen MR) is 113 cm³/mol. The Bertz CT molecular complexity index is 1020. The second-order valence-corrected chi connectivity index (χ2v) is 8.15. The normalized spacial score (nSPS) is 19.2. The highest BCUT2D eigenvalue weighted by Gasteiger charge is 2.43. The first-order chi connectivity index (χ1) is 14.7. The molecule has 162 valence electrons. The summed E-state index contributed by atoms with van der Waals surface area (Å²) in [4.78, 5) is 27.8. The first-order valence-corrected chi connectivity index (χ1v) is 10.1. The van der Waals surface area contributed by atoms with Gasteiger partial charge in [-0.1, -0.05) is 37.7 Å². The minimum Gasteiger partial charge on any atom is -0.391 e. The molecule has 8 heteroatoms. The van der Waals surface area contributed by atoms with Crippen molar-refractivity contribution < 1.29 is 19.2 Å². The van der Waals surface area contributed by atoms with Crippen molar-refractivity contribution >= 4 is 17.5 Å². The summed E-state index contributed by atoms with van der Waals surface area (Å²) < 4.78 is 5.33. The number of nitrogens with zero attached hydrogens (tertiary/aromatic N) is 3. The second-order valence-electron chi connectivity index (χ2n) is 8.15. The largest absolute Gasteiger partial charge is 0.391 e. The highest BCUT2D eigenvalue weighted by Crippen LogP contribution is 2.31. The van der Waals surface area contributed by atoms with Crippen LogP contribution in [0.5, 0.6) is 0 Å². The van der Waals surface area contributed by atoms with Gasteiger partial charge in [0.05, 0.1) is 23.4 Å². The maximum atomic E-state index is 13.4. The van der Waals surface area contributed by atoms with Crippen LogP contribution in [0.1, 0.15) is 48.8 Å². The highest BCUT2D eigenvalue weighted by molar-refractivity contribution is 5.94. The first kappa shape index (κ1) is 22.2. The minimum atomic E-state index is -0.831. The van der Waals surface area contributed by atoms with Crippen molar-refractivity contribution in [1.82, 2.24) is 15.4 Å². The molecule has 1 fully saturated rings. The average Bonchev–Trinajstić information content (AvgIpc) is 3.33. The lowest BCUT2D eigenvalue weighted by molar-refractivity contribution is -0.140. The van der Waals surface area contributed by atoms with Crippen molar-refractivity contribution in [2.45, 2.75) is 45.3 Å². The number of β-amino-alcohol motifs (C(OH)–C–C–N with tert-alkyl or cyclic N) is 1. The van der Waals surface area contributed by atoms with Gasteiger partial charge in [0, 0.05) is 24.7 Å². The Morgan fingerprint density at radius 3 is 2.58 bits per heavy atom. The van der Waals surface area contributed by atoms with Gasteiger partial charge in [-0.15, -0.1) is 0 Å². The van der Waals surface area contributed by atoms with E-state index in [-0.39, 0.29) is 24.8 Å². The zero-order valence-electron chi connectivity index (χ0n) is 17.8. The Morgan fingerprint density at radius 1 is 1.35 bits per heavy atom. The molecule has 1 aromatic carbocycles. The second kappa shape index (κ2) is 9.14. The number of aryl methyl sites for hydroxylation is 1. The maximum absolute atomic E-state index is 13.4. The zero-order valence-corrected chi connectivity index (χ0v) is 17.8. The van der Waals surface area contributed by atoms with Crippen molar-refractivity contribution in [1.29, 1.82) is 5.26 Å².